The van der Waals surface area contributed by atoms with Gasteiger partial charge in [-0.3, -0.25) is 0 Å². The van der Waals surface area contributed by atoms with Crippen molar-refractivity contribution in [1.29, 1.82) is 5.26 Å². The van der Waals surface area contributed by atoms with Gasteiger partial charge < -0.3 is 5.32 Å². The van der Waals surface area contributed by atoms with Gasteiger partial charge in [0.05, 0.1) is 11.6 Å². The van der Waals surface area contributed by atoms with E-state index in [0.29, 0.717) is 11.4 Å². The van der Waals surface area contributed by atoms with Gasteiger partial charge >= 0.3 is 0 Å². The Balaban J connectivity index is 2.31. The molecule has 0 aliphatic rings. The first-order valence-electron chi connectivity index (χ1n) is 4.95. The van der Waals surface area contributed by atoms with Gasteiger partial charge in [0, 0.05) is 17.4 Å². The van der Waals surface area contributed by atoms with Crippen molar-refractivity contribution in [3.8, 4) is 6.07 Å². The maximum absolute atomic E-state index is 8.80. The third-order valence-corrected chi connectivity index (χ3v) is 2.38. The Morgan fingerprint density at radius 1 is 1.41 bits per heavy atom. The fourth-order valence-corrected chi connectivity index (χ4v) is 1.48. The van der Waals surface area contributed by atoms with Crippen LogP contribution in [0.3, 0.4) is 0 Å². The smallest absolute Gasteiger partial charge is 0.224 e. The molecule has 1 aromatic heterocycles. The van der Waals surface area contributed by atoms with Crippen LogP contribution in [0.15, 0.2) is 30.5 Å². The van der Waals surface area contributed by atoms with Crippen LogP contribution in [0.25, 0.3) is 0 Å². The number of hydrogen-bond donors (Lipinski definition) is 1. The lowest BCUT2D eigenvalue weighted by Crippen LogP contribution is -1.98. The van der Waals surface area contributed by atoms with Gasteiger partial charge in [0.2, 0.25) is 5.28 Å². The predicted octanol–water partition coefficient (Wildman–Crippen LogP) is 3.05. The fourth-order valence-electron chi connectivity index (χ4n) is 1.35. The summed E-state index contributed by atoms with van der Waals surface area (Å²) in [5.74, 6) is 0.639. The summed E-state index contributed by atoms with van der Waals surface area (Å²) in [6.45, 7) is 1.88. The molecule has 0 aliphatic carbocycles. The van der Waals surface area contributed by atoms with Crippen LogP contribution in [0, 0.1) is 18.3 Å². The van der Waals surface area contributed by atoms with E-state index in [0.717, 1.165) is 11.3 Å². The van der Waals surface area contributed by atoms with E-state index < -0.39 is 0 Å². The lowest BCUT2D eigenvalue weighted by molar-refractivity contribution is 1.13. The lowest BCUT2D eigenvalue weighted by Gasteiger charge is -2.08. The Morgan fingerprint density at radius 2 is 2.24 bits per heavy atom. The van der Waals surface area contributed by atoms with Gasteiger partial charge in [0.25, 0.3) is 0 Å². The average molecular weight is 245 g/mol. The molecule has 0 amide bonds. The van der Waals surface area contributed by atoms with Crippen molar-refractivity contribution in [1.82, 2.24) is 9.97 Å². The Bertz CT molecular complexity index is 589. The standard InChI is InChI=1S/C12H9ClN4/c1-8-7-15-12(13)17-11(8)16-10-4-2-3-9(5-10)6-14/h2-5,7H,1H3,(H,15,16,17). The molecule has 84 valence electrons. The summed E-state index contributed by atoms with van der Waals surface area (Å²) in [6.07, 6.45) is 1.64. The third-order valence-electron chi connectivity index (χ3n) is 2.20. The van der Waals surface area contributed by atoms with E-state index >= 15 is 0 Å². The summed E-state index contributed by atoms with van der Waals surface area (Å²) in [6, 6.07) is 9.23. The number of nitrogens with zero attached hydrogens (tertiary/aromatic N) is 3. The minimum atomic E-state index is 0.189. The van der Waals surface area contributed by atoms with E-state index in [2.05, 4.69) is 21.4 Å². The quantitative estimate of drug-likeness (QED) is 0.825. The highest BCUT2D eigenvalue weighted by molar-refractivity contribution is 6.28. The highest BCUT2D eigenvalue weighted by atomic mass is 35.5. The molecular formula is C12H9ClN4. The Hall–Kier alpha value is -2.12. The first-order chi connectivity index (χ1) is 8.19. The van der Waals surface area contributed by atoms with Crippen LogP contribution >= 0.6 is 11.6 Å². The molecule has 1 heterocycles. The van der Waals surface area contributed by atoms with Gasteiger partial charge in [0.1, 0.15) is 5.82 Å². The molecule has 0 saturated heterocycles. The van der Waals surface area contributed by atoms with Gasteiger partial charge in [0.15, 0.2) is 0 Å². The van der Waals surface area contributed by atoms with Crippen molar-refractivity contribution in [3.05, 3.63) is 46.9 Å². The molecule has 1 N–H and O–H groups in total. The van der Waals surface area contributed by atoms with Crippen LogP contribution in [0.2, 0.25) is 5.28 Å². The highest BCUT2D eigenvalue weighted by Gasteiger charge is 2.03. The molecule has 1 aromatic carbocycles. The minimum Gasteiger partial charge on any atom is -0.340 e. The second-order valence-corrected chi connectivity index (χ2v) is 3.83. The van der Waals surface area contributed by atoms with Crippen LogP contribution in [0.5, 0.6) is 0 Å². The monoisotopic (exact) mass is 244 g/mol. The summed E-state index contributed by atoms with van der Waals surface area (Å²) in [4.78, 5) is 7.96. The number of benzene rings is 1. The molecule has 0 spiro atoms. The molecular weight excluding hydrogens is 236 g/mol. The Morgan fingerprint density at radius 3 is 3.00 bits per heavy atom. The molecule has 0 fully saturated rings. The van der Waals surface area contributed by atoms with E-state index in [1.54, 1.807) is 24.4 Å². The summed E-state index contributed by atoms with van der Waals surface area (Å²) in [5.41, 5.74) is 2.27. The zero-order valence-corrected chi connectivity index (χ0v) is 9.86. The van der Waals surface area contributed by atoms with Gasteiger partial charge in [-0.1, -0.05) is 6.07 Å². The Labute approximate surface area is 104 Å². The highest BCUT2D eigenvalue weighted by Crippen LogP contribution is 2.19. The molecule has 2 rings (SSSR count). The number of rotatable bonds is 2. The molecule has 17 heavy (non-hydrogen) atoms. The molecule has 0 bridgehead atoms. The second kappa shape index (κ2) is 4.81. The molecule has 0 saturated carbocycles. The van der Waals surface area contributed by atoms with E-state index in [1.165, 1.54) is 0 Å². The van der Waals surface area contributed by atoms with E-state index in [9.17, 15) is 0 Å². The number of anilines is 2. The van der Waals surface area contributed by atoms with Gasteiger partial charge in [-0.2, -0.15) is 5.26 Å². The largest absolute Gasteiger partial charge is 0.340 e. The van der Waals surface area contributed by atoms with Crippen molar-refractivity contribution in [2.45, 2.75) is 6.92 Å². The zero-order valence-electron chi connectivity index (χ0n) is 9.11. The first kappa shape index (κ1) is 11.4. The second-order valence-electron chi connectivity index (χ2n) is 3.49. The Kier molecular flexibility index (Phi) is 3.22. The van der Waals surface area contributed by atoms with E-state index in [-0.39, 0.29) is 5.28 Å². The number of hydrogen-bond acceptors (Lipinski definition) is 4. The molecule has 0 unspecified atom stereocenters. The van der Waals surface area contributed by atoms with Crippen molar-refractivity contribution in [2.24, 2.45) is 0 Å². The molecule has 4 nitrogen and oxygen atoms in total. The van der Waals surface area contributed by atoms with Crippen LogP contribution in [0.1, 0.15) is 11.1 Å². The first-order valence-corrected chi connectivity index (χ1v) is 5.33. The minimum absolute atomic E-state index is 0.189. The summed E-state index contributed by atoms with van der Waals surface area (Å²) < 4.78 is 0. The van der Waals surface area contributed by atoms with Crippen molar-refractivity contribution in [2.75, 3.05) is 5.32 Å². The predicted molar refractivity (Wildman–Crippen MR) is 66.2 cm³/mol. The average Bonchev–Trinajstić information content (AvgIpc) is 2.34. The molecule has 0 aliphatic heterocycles. The maximum Gasteiger partial charge on any atom is 0.224 e. The molecule has 2 aromatic rings. The van der Waals surface area contributed by atoms with Gasteiger partial charge in [-0.05, 0) is 36.7 Å². The van der Waals surface area contributed by atoms with Crippen LogP contribution in [0.4, 0.5) is 11.5 Å². The van der Waals surface area contributed by atoms with Crippen molar-refractivity contribution in [3.63, 3.8) is 0 Å². The number of halogens is 1. The van der Waals surface area contributed by atoms with Gasteiger partial charge in [-0.25, -0.2) is 9.97 Å². The zero-order chi connectivity index (χ0) is 12.3. The number of nitriles is 1. The normalized spacial score (nSPS) is 9.71. The third kappa shape index (κ3) is 2.71. The summed E-state index contributed by atoms with van der Waals surface area (Å²) in [5, 5.41) is 12.1. The van der Waals surface area contributed by atoms with Crippen molar-refractivity contribution < 1.29 is 0 Å². The topological polar surface area (TPSA) is 61.6 Å². The van der Waals surface area contributed by atoms with Crippen molar-refractivity contribution >= 4 is 23.1 Å². The lowest BCUT2D eigenvalue weighted by atomic mass is 10.2. The number of nitrogens with one attached hydrogen (secondary N) is 1. The number of aryl methyl sites for hydroxylation is 1. The van der Waals surface area contributed by atoms with Crippen LogP contribution in [-0.4, -0.2) is 9.97 Å². The van der Waals surface area contributed by atoms with E-state index in [1.807, 2.05) is 13.0 Å². The molecule has 0 radical (unpaired) electrons. The number of aromatic nitrogens is 2. The van der Waals surface area contributed by atoms with Gasteiger partial charge in [-0.15, -0.1) is 0 Å². The molecule has 0 atom stereocenters. The van der Waals surface area contributed by atoms with Crippen LogP contribution in [-0.2, 0) is 0 Å². The SMILES string of the molecule is Cc1cnc(Cl)nc1Nc1cccc(C#N)c1. The molecule has 5 heteroatoms. The van der Waals surface area contributed by atoms with E-state index in [4.69, 9.17) is 16.9 Å². The summed E-state index contributed by atoms with van der Waals surface area (Å²) in [7, 11) is 0. The van der Waals surface area contributed by atoms with Crippen LogP contribution < -0.4 is 5.32 Å². The maximum atomic E-state index is 8.80. The summed E-state index contributed by atoms with van der Waals surface area (Å²) >= 11 is 5.73. The fraction of sp³-hybridized carbons (Fsp3) is 0.0833.